The fourth-order valence-corrected chi connectivity index (χ4v) is 5.91. The first-order valence-electron chi connectivity index (χ1n) is 7.11. The summed E-state index contributed by atoms with van der Waals surface area (Å²) in [7, 11) is -0.958. The van der Waals surface area contributed by atoms with Crippen molar-refractivity contribution in [2.75, 3.05) is 0 Å². The van der Waals surface area contributed by atoms with Crippen LogP contribution in [-0.2, 0) is 20.4 Å². The Bertz CT molecular complexity index is 376. The second-order valence-corrected chi connectivity index (χ2v) is 12.8. The van der Waals surface area contributed by atoms with Gasteiger partial charge >= 0.3 is 120 Å². The molecule has 0 aromatic carbocycles. The molecule has 0 aromatic rings. The maximum atomic E-state index is 2.57. The van der Waals surface area contributed by atoms with E-state index in [1.54, 1.807) is 15.0 Å². The van der Waals surface area contributed by atoms with Gasteiger partial charge in [-0.05, 0) is 0 Å². The minimum absolute atomic E-state index is 0.840. The Morgan fingerprint density at radius 3 is 2.53 bits per heavy atom. The standard InChI is InChI=1S/C15H25Si.Ti/c1-5-16(3,4)11-15-12(2)10-13-8-6-7-9-14(13)15;/h15H,5-9,11H2,1-4H3;. The van der Waals surface area contributed by atoms with E-state index >= 15 is 0 Å². The van der Waals surface area contributed by atoms with E-state index in [0.29, 0.717) is 0 Å². The van der Waals surface area contributed by atoms with Gasteiger partial charge in [-0.25, -0.2) is 0 Å². The zero-order valence-electron chi connectivity index (χ0n) is 11.8. The Morgan fingerprint density at radius 2 is 1.88 bits per heavy atom. The molecule has 1 unspecified atom stereocenters. The van der Waals surface area contributed by atoms with Gasteiger partial charge in [0.25, 0.3) is 0 Å². The van der Waals surface area contributed by atoms with Crippen molar-refractivity contribution in [2.24, 2.45) is 5.92 Å². The molecular weight excluding hydrogens is 256 g/mol. The zero-order chi connectivity index (χ0) is 12.6. The summed E-state index contributed by atoms with van der Waals surface area (Å²) in [6.07, 6.45) is 5.61. The summed E-state index contributed by atoms with van der Waals surface area (Å²) in [4.78, 5) is 0. The Morgan fingerprint density at radius 1 is 1.24 bits per heavy atom. The van der Waals surface area contributed by atoms with Crippen LogP contribution in [0.4, 0.5) is 0 Å². The number of hydrogen-bond acceptors (Lipinski definition) is 0. The van der Waals surface area contributed by atoms with E-state index in [-0.39, 0.29) is 0 Å². The van der Waals surface area contributed by atoms with E-state index in [1.807, 2.05) is 5.57 Å². The van der Waals surface area contributed by atoms with Crippen molar-refractivity contribution in [3.8, 4) is 0 Å². The predicted octanol–water partition coefficient (Wildman–Crippen LogP) is 5.04. The average Bonchev–Trinajstić information content (AvgIpc) is 2.55. The van der Waals surface area contributed by atoms with E-state index < -0.39 is 8.07 Å². The molecule has 0 fully saturated rings. The van der Waals surface area contributed by atoms with Gasteiger partial charge in [0, 0.05) is 0 Å². The first kappa shape index (κ1) is 13.8. The second-order valence-electron chi connectivity index (χ2n) is 6.54. The summed E-state index contributed by atoms with van der Waals surface area (Å²) < 4.78 is 1.66. The van der Waals surface area contributed by atoms with Crippen molar-refractivity contribution >= 4 is 8.07 Å². The van der Waals surface area contributed by atoms with Crippen LogP contribution in [0.5, 0.6) is 0 Å². The zero-order valence-corrected chi connectivity index (χ0v) is 14.4. The molecule has 17 heavy (non-hydrogen) atoms. The van der Waals surface area contributed by atoms with E-state index in [1.165, 1.54) is 37.8 Å². The van der Waals surface area contributed by atoms with Gasteiger partial charge < -0.3 is 0 Å². The molecule has 0 aliphatic heterocycles. The quantitative estimate of drug-likeness (QED) is 0.636. The third-order valence-corrected chi connectivity index (χ3v) is 9.38. The first-order chi connectivity index (χ1) is 7.96. The van der Waals surface area contributed by atoms with Crippen molar-refractivity contribution < 1.29 is 20.4 Å². The van der Waals surface area contributed by atoms with Gasteiger partial charge in [-0.2, -0.15) is 0 Å². The molecule has 1 atom stereocenters. The Labute approximate surface area is 119 Å². The van der Waals surface area contributed by atoms with Crippen LogP contribution >= 0.6 is 0 Å². The molecule has 2 aliphatic rings. The van der Waals surface area contributed by atoms with Gasteiger partial charge in [0.2, 0.25) is 0 Å². The van der Waals surface area contributed by atoms with E-state index in [2.05, 4.69) is 47.4 Å². The van der Waals surface area contributed by atoms with E-state index in [0.717, 1.165) is 5.92 Å². The van der Waals surface area contributed by atoms with Crippen LogP contribution in [-0.4, -0.2) is 8.07 Å². The van der Waals surface area contributed by atoms with Crippen LogP contribution in [0.3, 0.4) is 0 Å². The summed E-state index contributed by atoms with van der Waals surface area (Å²) in [5, 5.41) is 0. The number of hydrogen-bond donors (Lipinski definition) is 0. The third-order valence-electron chi connectivity index (χ3n) is 4.86. The summed E-state index contributed by atoms with van der Waals surface area (Å²) in [5.74, 6) is 0.840. The summed E-state index contributed by atoms with van der Waals surface area (Å²) in [5.41, 5.74) is 5.32. The molecule has 93 valence electrons. The van der Waals surface area contributed by atoms with Gasteiger partial charge in [0.1, 0.15) is 0 Å². The van der Waals surface area contributed by atoms with Crippen LogP contribution in [0.25, 0.3) is 0 Å². The maximum absolute atomic E-state index is 2.57. The molecule has 0 amide bonds. The molecular formula is C15H25SiTi. The van der Waals surface area contributed by atoms with Crippen molar-refractivity contribution in [2.45, 2.75) is 64.7 Å². The van der Waals surface area contributed by atoms with Crippen LogP contribution in [0.1, 0.15) is 39.5 Å². The van der Waals surface area contributed by atoms with Crippen molar-refractivity contribution in [1.29, 1.82) is 0 Å². The fourth-order valence-electron chi connectivity index (χ4n) is 3.25. The topological polar surface area (TPSA) is 0 Å². The molecule has 0 saturated heterocycles. The molecule has 0 heterocycles. The minimum atomic E-state index is -0.958. The van der Waals surface area contributed by atoms with Crippen molar-refractivity contribution in [1.82, 2.24) is 0 Å². The van der Waals surface area contributed by atoms with Gasteiger partial charge in [-0.1, -0.05) is 0 Å². The summed E-state index contributed by atoms with van der Waals surface area (Å²) in [6.45, 7) is 9.93. The molecule has 2 aliphatic carbocycles. The predicted molar refractivity (Wildman–Crippen MR) is 74.5 cm³/mol. The van der Waals surface area contributed by atoms with Gasteiger partial charge in [-0.15, -0.1) is 0 Å². The average molecular weight is 281 g/mol. The van der Waals surface area contributed by atoms with Crippen LogP contribution < -0.4 is 0 Å². The monoisotopic (exact) mass is 281 g/mol. The Balaban J connectivity index is 2.25. The van der Waals surface area contributed by atoms with E-state index in [4.69, 9.17) is 0 Å². The SMILES string of the molecule is CC[Si](C)(C)CC1C(C)=[C]([Ti])C2=C1CCCC2. The van der Waals surface area contributed by atoms with Crippen LogP contribution in [0.2, 0.25) is 25.2 Å². The Hall–Kier alpha value is 0.411. The molecule has 2 heteroatoms. The van der Waals surface area contributed by atoms with Gasteiger partial charge in [0.15, 0.2) is 0 Å². The molecule has 0 spiro atoms. The van der Waals surface area contributed by atoms with E-state index in [9.17, 15) is 0 Å². The second kappa shape index (κ2) is 5.19. The molecule has 2 rings (SSSR count). The van der Waals surface area contributed by atoms with Crippen molar-refractivity contribution in [3.63, 3.8) is 0 Å². The summed E-state index contributed by atoms with van der Waals surface area (Å²) >= 11 is 2.37. The molecule has 0 bridgehead atoms. The number of rotatable bonds is 3. The molecule has 0 radical (unpaired) electrons. The van der Waals surface area contributed by atoms with Gasteiger partial charge in [-0.3, -0.25) is 0 Å². The molecule has 0 N–H and O–H groups in total. The fraction of sp³-hybridized carbons (Fsp3) is 0.733. The number of allylic oxidation sites excluding steroid dienone is 4. The molecule has 0 aromatic heterocycles. The summed E-state index contributed by atoms with van der Waals surface area (Å²) in [6, 6.07) is 2.92. The Kier molecular flexibility index (Phi) is 4.22. The van der Waals surface area contributed by atoms with Crippen LogP contribution in [0, 0.1) is 5.92 Å². The normalized spacial score (nSPS) is 25.5. The molecule has 0 nitrogen and oxygen atoms in total. The van der Waals surface area contributed by atoms with Gasteiger partial charge in [0.05, 0.1) is 0 Å². The van der Waals surface area contributed by atoms with Crippen molar-refractivity contribution in [3.05, 3.63) is 20.6 Å². The molecule has 0 saturated carbocycles. The third kappa shape index (κ3) is 2.72. The van der Waals surface area contributed by atoms with Crippen LogP contribution in [0.15, 0.2) is 20.6 Å². The first-order valence-corrected chi connectivity index (χ1v) is 11.3.